The highest BCUT2D eigenvalue weighted by Gasteiger charge is 2.18. The van der Waals surface area contributed by atoms with Crippen molar-refractivity contribution in [3.8, 4) is 0 Å². The summed E-state index contributed by atoms with van der Waals surface area (Å²) < 4.78 is 1.89. The number of rotatable bonds is 1. The summed E-state index contributed by atoms with van der Waals surface area (Å²) in [4.78, 5) is 11.7. The molecule has 3 aromatic rings. The lowest BCUT2D eigenvalue weighted by Crippen LogP contribution is -2.44. The Morgan fingerprint density at radius 3 is 2.71 bits per heavy atom. The van der Waals surface area contributed by atoms with Gasteiger partial charge in [0.1, 0.15) is 5.82 Å². The summed E-state index contributed by atoms with van der Waals surface area (Å²) in [6.45, 7) is 7.85. The lowest BCUT2D eigenvalue weighted by molar-refractivity contribution is 0.575. The minimum atomic E-state index is 0.780. The highest BCUT2D eigenvalue weighted by atomic mass is 15.4. The number of nitrogens with one attached hydrogen (secondary N) is 1. The van der Waals surface area contributed by atoms with Crippen molar-refractivity contribution in [1.82, 2.24) is 24.9 Å². The van der Waals surface area contributed by atoms with Crippen LogP contribution < -0.4 is 10.2 Å². The van der Waals surface area contributed by atoms with Gasteiger partial charge in [0.05, 0.1) is 5.52 Å². The molecule has 21 heavy (non-hydrogen) atoms. The average molecular weight is 282 g/mol. The fourth-order valence-electron chi connectivity index (χ4n) is 2.88. The first kappa shape index (κ1) is 12.5. The van der Waals surface area contributed by atoms with E-state index in [1.807, 2.05) is 11.4 Å². The van der Waals surface area contributed by atoms with Crippen LogP contribution in [0, 0.1) is 13.8 Å². The van der Waals surface area contributed by atoms with Crippen LogP contribution in [-0.2, 0) is 0 Å². The normalized spacial score (nSPS) is 16.0. The molecule has 1 fully saturated rings. The molecule has 0 saturated carbocycles. The van der Waals surface area contributed by atoms with E-state index in [4.69, 9.17) is 4.98 Å². The molecule has 0 aliphatic carbocycles. The Balaban J connectivity index is 2.02. The molecule has 0 radical (unpaired) electrons. The third kappa shape index (κ3) is 2.03. The van der Waals surface area contributed by atoms with E-state index in [2.05, 4.69) is 45.4 Å². The van der Waals surface area contributed by atoms with Gasteiger partial charge >= 0.3 is 0 Å². The van der Waals surface area contributed by atoms with Gasteiger partial charge in [-0.1, -0.05) is 11.6 Å². The summed E-state index contributed by atoms with van der Waals surface area (Å²) in [6.07, 6.45) is 0. The molecule has 108 valence electrons. The summed E-state index contributed by atoms with van der Waals surface area (Å²) in [5.41, 5.74) is 3.09. The van der Waals surface area contributed by atoms with E-state index >= 15 is 0 Å². The van der Waals surface area contributed by atoms with E-state index in [9.17, 15) is 0 Å². The van der Waals surface area contributed by atoms with Gasteiger partial charge in [-0.2, -0.15) is 4.52 Å². The average Bonchev–Trinajstić information content (AvgIpc) is 2.89. The van der Waals surface area contributed by atoms with E-state index in [1.165, 1.54) is 5.56 Å². The number of piperazine rings is 1. The third-order valence-corrected chi connectivity index (χ3v) is 3.92. The van der Waals surface area contributed by atoms with Crippen LogP contribution in [0.2, 0.25) is 0 Å². The Bertz CT molecular complexity index is 816. The highest BCUT2D eigenvalue weighted by molar-refractivity contribution is 5.92. The highest BCUT2D eigenvalue weighted by Crippen LogP contribution is 2.24. The number of hydrogen-bond donors (Lipinski definition) is 1. The lowest BCUT2D eigenvalue weighted by atomic mass is 10.1. The molecule has 1 N–H and O–H groups in total. The van der Waals surface area contributed by atoms with Crippen molar-refractivity contribution < 1.29 is 0 Å². The van der Waals surface area contributed by atoms with Crippen molar-refractivity contribution in [2.24, 2.45) is 0 Å². The largest absolute Gasteiger partial charge is 0.338 e. The number of anilines is 1. The Kier molecular flexibility index (Phi) is 2.78. The van der Waals surface area contributed by atoms with E-state index in [0.29, 0.717) is 0 Å². The molecular weight excluding hydrogens is 264 g/mol. The molecule has 6 nitrogen and oxygen atoms in total. The monoisotopic (exact) mass is 282 g/mol. The smallest absolute Gasteiger partial charge is 0.229 e. The molecule has 1 aliphatic heterocycles. The van der Waals surface area contributed by atoms with Gasteiger partial charge in [0.2, 0.25) is 5.95 Å². The van der Waals surface area contributed by atoms with Gasteiger partial charge in [-0.3, -0.25) is 0 Å². The maximum absolute atomic E-state index is 4.84. The zero-order chi connectivity index (χ0) is 14.4. The predicted octanol–water partition coefficient (Wildman–Crippen LogP) is 1.30. The molecule has 3 heterocycles. The van der Waals surface area contributed by atoms with E-state index in [0.717, 1.165) is 54.5 Å². The number of nitrogens with zero attached hydrogens (tertiary/aromatic N) is 5. The summed E-state index contributed by atoms with van der Waals surface area (Å²) in [7, 11) is 0. The van der Waals surface area contributed by atoms with Gasteiger partial charge in [-0.25, -0.2) is 9.97 Å². The molecule has 1 aromatic carbocycles. The number of aromatic nitrogens is 4. The second kappa shape index (κ2) is 4.66. The van der Waals surface area contributed by atoms with Gasteiger partial charge in [0.15, 0.2) is 5.65 Å². The SMILES string of the molecule is Cc1ccc2nc(N3CCNCC3)n3nc(C)nc3c2c1. The lowest BCUT2D eigenvalue weighted by Gasteiger charge is -2.28. The fraction of sp³-hybridized carbons (Fsp3) is 0.400. The van der Waals surface area contributed by atoms with Crippen LogP contribution in [0.1, 0.15) is 11.4 Å². The minimum absolute atomic E-state index is 0.780. The van der Waals surface area contributed by atoms with Crippen molar-refractivity contribution in [2.45, 2.75) is 13.8 Å². The maximum atomic E-state index is 4.84. The van der Waals surface area contributed by atoms with Gasteiger partial charge in [0, 0.05) is 31.6 Å². The number of fused-ring (bicyclic) bond motifs is 3. The first-order chi connectivity index (χ1) is 10.2. The first-order valence-electron chi connectivity index (χ1n) is 7.32. The second-order valence-electron chi connectivity index (χ2n) is 5.56. The number of hydrogen-bond acceptors (Lipinski definition) is 5. The molecule has 2 aromatic heterocycles. The maximum Gasteiger partial charge on any atom is 0.229 e. The molecule has 1 aliphatic rings. The second-order valence-corrected chi connectivity index (χ2v) is 5.56. The van der Waals surface area contributed by atoms with Gasteiger partial charge in [-0.15, -0.1) is 5.10 Å². The molecule has 0 atom stereocenters. The summed E-state index contributed by atoms with van der Waals surface area (Å²) in [5, 5.41) is 8.98. The van der Waals surface area contributed by atoms with Crippen molar-refractivity contribution in [1.29, 1.82) is 0 Å². The summed E-state index contributed by atoms with van der Waals surface area (Å²) >= 11 is 0. The molecule has 6 heteroatoms. The van der Waals surface area contributed by atoms with Crippen molar-refractivity contribution in [3.05, 3.63) is 29.6 Å². The first-order valence-corrected chi connectivity index (χ1v) is 7.32. The molecule has 1 saturated heterocycles. The Morgan fingerprint density at radius 2 is 1.90 bits per heavy atom. The third-order valence-electron chi connectivity index (χ3n) is 3.92. The minimum Gasteiger partial charge on any atom is -0.338 e. The summed E-state index contributed by atoms with van der Waals surface area (Å²) in [6, 6.07) is 6.30. The van der Waals surface area contributed by atoms with E-state index < -0.39 is 0 Å². The Labute approximate surface area is 122 Å². The zero-order valence-corrected chi connectivity index (χ0v) is 12.3. The Hall–Kier alpha value is -2.21. The molecular formula is C15H18N6. The standard InChI is InChI=1S/C15H18N6/c1-10-3-4-13-12(9-10)14-17-11(2)19-21(14)15(18-13)20-7-5-16-6-8-20/h3-4,9,16H,5-8H2,1-2H3. The van der Waals surface area contributed by atoms with Gasteiger partial charge < -0.3 is 10.2 Å². The molecule has 0 spiro atoms. The van der Waals surface area contributed by atoms with Crippen LogP contribution >= 0.6 is 0 Å². The number of benzene rings is 1. The van der Waals surface area contributed by atoms with Gasteiger partial charge in [0.25, 0.3) is 0 Å². The van der Waals surface area contributed by atoms with Gasteiger partial charge in [-0.05, 0) is 26.0 Å². The molecule has 0 unspecified atom stereocenters. The van der Waals surface area contributed by atoms with Crippen LogP contribution in [-0.4, -0.2) is 45.8 Å². The fourth-order valence-corrected chi connectivity index (χ4v) is 2.88. The van der Waals surface area contributed by atoms with Crippen LogP contribution in [0.15, 0.2) is 18.2 Å². The van der Waals surface area contributed by atoms with Crippen molar-refractivity contribution >= 4 is 22.5 Å². The van der Waals surface area contributed by atoms with Crippen molar-refractivity contribution in [3.63, 3.8) is 0 Å². The van der Waals surface area contributed by atoms with Crippen LogP contribution in [0.3, 0.4) is 0 Å². The van der Waals surface area contributed by atoms with Crippen LogP contribution in [0.5, 0.6) is 0 Å². The van der Waals surface area contributed by atoms with E-state index in [-0.39, 0.29) is 0 Å². The quantitative estimate of drug-likeness (QED) is 0.729. The molecule has 4 rings (SSSR count). The Morgan fingerprint density at radius 1 is 1.10 bits per heavy atom. The number of aryl methyl sites for hydroxylation is 2. The molecule has 0 bridgehead atoms. The summed E-state index contributed by atoms with van der Waals surface area (Å²) in [5.74, 6) is 1.67. The zero-order valence-electron chi connectivity index (χ0n) is 12.3. The van der Waals surface area contributed by atoms with Crippen LogP contribution in [0.4, 0.5) is 5.95 Å². The van der Waals surface area contributed by atoms with Crippen molar-refractivity contribution in [2.75, 3.05) is 31.1 Å². The van der Waals surface area contributed by atoms with Crippen LogP contribution in [0.25, 0.3) is 16.6 Å². The predicted molar refractivity (Wildman–Crippen MR) is 82.8 cm³/mol. The topological polar surface area (TPSA) is 58.4 Å². The van der Waals surface area contributed by atoms with E-state index in [1.54, 1.807) is 0 Å². The molecule has 0 amide bonds.